The first kappa shape index (κ1) is 19.2. The van der Waals surface area contributed by atoms with E-state index in [4.69, 9.17) is 5.73 Å². The number of aryl methyl sites for hydroxylation is 1. The zero-order valence-electron chi connectivity index (χ0n) is 14.5. The minimum Gasteiger partial charge on any atom is -0.365 e. The van der Waals surface area contributed by atoms with Gasteiger partial charge in [-0.1, -0.05) is 58.0 Å². The van der Waals surface area contributed by atoms with Crippen LogP contribution in [0.3, 0.4) is 0 Å². The third-order valence-corrected chi connectivity index (χ3v) is 6.01. The summed E-state index contributed by atoms with van der Waals surface area (Å²) >= 11 is 4.61. The summed E-state index contributed by atoms with van der Waals surface area (Å²) in [6.07, 6.45) is 0.486. The van der Waals surface area contributed by atoms with Gasteiger partial charge in [-0.25, -0.2) is 0 Å². The first-order valence-corrected chi connectivity index (χ1v) is 9.84. The number of nitrogens with zero attached hydrogens (tertiary/aromatic N) is 2. The van der Waals surface area contributed by atoms with Crippen molar-refractivity contribution in [2.45, 2.75) is 18.6 Å². The Bertz CT molecular complexity index is 979. The minimum absolute atomic E-state index is 0.166. The Morgan fingerprint density at radius 2 is 1.93 bits per heavy atom. The molecule has 0 radical (unpaired) electrons. The van der Waals surface area contributed by atoms with Gasteiger partial charge in [-0.2, -0.15) is 5.26 Å². The summed E-state index contributed by atoms with van der Waals surface area (Å²) in [5.74, 6) is -1.00. The second-order valence-electron chi connectivity index (χ2n) is 6.05. The maximum atomic E-state index is 13.2. The lowest BCUT2D eigenvalue weighted by atomic mass is 10.1. The van der Waals surface area contributed by atoms with Crippen molar-refractivity contribution in [2.24, 2.45) is 5.73 Å². The van der Waals surface area contributed by atoms with Gasteiger partial charge in [0.25, 0.3) is 5.91 Å². The molecule has 2 aromatic rings. The maximum absolute atomic E-state index is 13.2. The maximum Gasteiger partial charge on any atom is 0.262 e. The second-order valence-corrected chi connectivity index (χ2v) is 8.16. The van der Waals surface area contributed by atoms with Crippen LogP contribution < -0.4 is 10.6 Å². The molecule has 1 saturated heterocycles. The van der Waals surface area contributed by atoms with Crippen LogP contribution in [0.25, 0.3) is 0 Å². The first-order chi connectivity index (χ1) is 12.9. The molecule has 0 aliphatic carbocycles. The minimum atomic E-state index is -0.837. The van der Waals surface area contributed by atoms with Crippen LogP contribution in [0.15, 0.2) is 63.6 Å². The van der Waals surface area contributed by atoms with Gasteiger partial charge in [0.1, 0.15) is 16.7 Å². The third kappa shape index (κ3) is 3.92. The van der Waals surface area contributed by atoms with Gasteiger partial charge >= 0.3 is 0 Å². The van der Waals surface area contributed by atoms with Crippen LogP contribution in [0.1, 0.15) is 11.1 Å². The fourth-order valence-corrected chi connectivity index (χ4v) is 4.44. The predicted molar refractivity (Wildman–Crippen MR) is 110 cm³/mol. The van der Waals surface area contributed by atoms with Crippen molar-refractivity contribution in [3.63, 3.8) is 0 Å². The topological polar surface area (TPSA) is 87.2 Å². The van der Waals surface area contributed by atoms with Gasteiger partial charge in [0, 0.05) is 4.47 Å². The molecule has 0 bridgehead atoms. The van der Waals surface area contributed by atoms with Gasteiger partial charge in [0.15, 0.2) is 0 Å². The van der Waals surface area contributed by atoms with Crippen molar-refractivity contribution >= 4 is 45.2 Å². The molecule has 1 heterocycles. The summed E-state index contributed by atoms with van der Waals surface area (Å²) in [4.78, 5) is 26.4. The Balaban J connectivity index is 2.05. The summed E-state index contributed by atoms with van der Waals surface area (Å²) in [5.41, 5.74) is 7.70. The highest BCUT2D eigenvalue weighted by atomic mass is 79.9. The van der Waals surface area contributed by atoms with Crippen LogP contribution in [0.2, 0.25) is 0 Å². The van der Waals surface area contributed by atoms with Crippen LogP contribution in [0, 0.1) is 18.3 Å². The Morgan fingerprint density at radius 3 is 2.52 bits per heavy atom. The van der Waals surface area contributed by atoms with E-state index in [2.05, 4.69) is 15.9 Å². The van der Waals surface area contributed by atoms with Crippen molar-refractivity contribution in [1.29, 1.82) is 5.26 Å². The molecule has 1 atom stereocenters. The molecule has 1 fully saturated rings. The van der Waals surface area contributed by atoms with Gasteiger partial charge in [-0.15, -0.1) is 0 Å². The summed E-state index contributed by atoms with van der Waals surface area (Å²) in [6.45, 7) is 1.88. The van der Waals surface area contributed by atoms with E-state index in [-0.39, 0.29) is 11.5 Å². The average molecular weight is 442 g/mol. The normalized spacial score (nSPS) is 18.3. The number of rotatable bonds is 4. The van der Waals surface area contributed by atoms with E-state index in [1.54, 1.807) is 6.07 Å². The van der Waals surface area contributed by atoms with Crippen molar-refractivity contribution < 1.29 is 9.59 Å². The number of para-hydroxylation sites is 1. The fraction of sp³-hybridized carbons (Fsp3) is 0.150. The molecule has 3 rings (SSSR count). The molecule has 2 amide bonds. The number of hydrogen-bond acceptors (Lipinski definition) is 4. The quantitative estimate of drug-likeness (QED) is 0.578. The molecule has 136 valence electrons. The van der Waals surface area contributed by atoms with E-state index in [1.807, 2.05) is 55.5 Å². The van der Waals surface area contributed by atoms with Crippen LogP contribution in [-0.4, -0.2) is 17.1 Å². The predicted octanol–water partition coefficient (Wildman–Crippen LogP) is 3.67. The average Bonchev–Trinajstić information content (AvgIpc) is 2.94. The number of hydrogen-bond donors (Lipinski definition) is 1. The molecule has 7 heteroatoms. The second kappa shape index (κ2) is 7.99. The van der Waals surface area contributed by atoms with E-state index in [9.17, 15) is 14.9 Å². The first-order valence-electron chi connectivity index (χ1n) is 8.17. The number of carbonyl (C=O) groups excluding carboxylic acids is 2. The number of benzene rings is 2. The molecule has 2 N–H and O–H groups in total. The Hall–Kier alpha value is -2.56. The fourth-order valence-electron chi connectivity index (χ4n) is 2.87. The lowest BCUT2D eigenvalue weighted by molar-refractivity contribution is -0.117. The van der Waals surface area contributed by atoms with Crippen LogP contribution in [0.5, 0.6) is 0 Å². The van der Waals surface area contributed by atoms with Gasteiger partial charge in [0.05, 0.1) is 10.9 Å². The number of halogens is 1. The number of carbonyl (C=O) groups is 2. The summed E-state index contributed by atoms with van der Waals surface area (Å²) in [5, 5.41) is 9.27. The van der Waals surface area contributed by atoms with E-state index in [0.29, 0.717) is 17.1 Å². The van der Waals surface area contributed by atoms with Gasteiger partial charge in [-0.3, -0.25) is 14.5 Å². The van der Waals surface area contributed by atoms with Crippen LogP contribution >= 0.6 is 27.7 Å². The smallest absolute Gasteiger partial charge is 0.262 e. The highest BCUT2D eigenvalue weighted by Crippen LogP contribution is 2.42. The molecule has 1 aliphatic heterocycles. The zero-order valence-corrected chi connectivity index (χ0v) is 16.9. The van der Waals surface area contributed by atoms with Crippen molar-refractivity contribution in [3.05, 3.63) is 74.7 Å². The Morgan fingerprint density at radius 1 is 1.26 bits per heavy atom. The number of primary amides is 1. The molecule has 0 aromatic heterocycles. The van der Waals surface area contributed by atoms with Gasteiger partial charge < -0.3 is 5.73 Å². The van der Waals surface area contributed by atoms with Crippen molar-refractivity contribution in [2.75, 3.05) is 4.90 Å². The lowest BCUT2D eigenvalue weighted by Gasteiger charge is -2.20. The highest BCUT2D eigenvalue weighted by molar-refractivity contribution is 9.10. The number of amides is 2. The summed E-state index contributed by atoms with van der Waals surface area (Å²) < 4.78 is 0.958. The third-order valence-electron chi connectivity index (χ3n) is 4.22. The lowest BCUT2D eigenvalue weighted by Crippen LogP contribution is -2.31. The van der Waals surface area contributed by atoms with Gasteiger partial charge in [-0.05, 0) is 42.7 Å². The monoisotopic (exact) mass is 441 g/mol. The van der Waals surface area contributed by atoms with E-state index in [0.717, 1.165) is 15.6 Å². The molecule has 0 spiro atoms. The molecule has 0 saturated carbocycles. The molecular weight excluding hydrogens is 426 g/mol. The summed E-state index contributed by atoms with van der Waals surface area (Å²) in [7, 11) is 0. The van der Waals surface area contributed by atoms with Crippen LogP contribution in [0.4, 0.5) is 5.69 Å². The number of thioether (sulfide) groups is 1. The Kier molecular flexibility index (Phi) is 5.68. The van der Waals surface area contributed by atoms with E-state index < -0.39 is 11.2 Å². The zero-order chi connectivity index (χ0) is 19.6. The molecule has 2 aromatic carbocycles. The standard InChI is InChI=1S/C20H16BrN3O2S/c1-12-4-2-3-5-16(12)24-19(26)17(10-13-6-8-14(21)9-7-13)27-20(24)15(11-22)18(23)25/h2-9,17H,10H2,1H3,(H2,23,25)/b20-15-/t17-/m1/s1. The SMILES string of the molecule is Cc1ccccc1N1C(=O)[C@@H](Cc2ccc(Br)cc2)S/C1=C(/C#N)C(N)=O. The molecular formula is C20H16BrN3O2S. The van der Waals surface area contributed by atoms with Crippen LogP contribution in [-0.2, 0) is 16.0 Å². The molecule has 1 aliphatic rings. The number of anilines is 1. The molecule has 0 unspecified atom stereocenters. The van der Waals surface area contributed by atoms with E-state index in [1.165, 1.54) is 16.7 Å². The number of nitriles is 1. The van der Waals surface area contributed by atoms with Crippen molar-refractivity contribution in [3.8, 4) is 6.07 Å². The Labute approximate surface area is 170 Å². The van der Waals surface area contributed by atoms with Gasteiger partial charge in [0.2, 0.25) is 5.91 Å². The highest BCUT2D eigenvalue weighted by Gasteiger charge is 2.40. The number of nitrogens with two attached hydrogens (primary N) is 1. The van der Waals surface area contributed by atoms with E-state index >= 15 is 0 Å². The molecule has 5 nitrogen and oxygen atoms in total. The largest absolute Gasteiger partial charge is 0.365 e. The van der Waals surface area contributed by atoms with Crippen molar-refractivity contribution in [1.82, 2.24) is 0 Å². The summed E-state index contributed by atoms with van der Waals surface area (Å²) in [6, 6.07) is 16.9. The molecule has 27 heavy (non-hydrogen) atoms.